The maximum atomic E-state index is 5.71. The zero-order valence-corrected chi connectivity index (χ0v) is 11.1. The molecule has 0 saturated heterocycles. The Labute approximate surface area is 98.8 Å². The lowest BCUT2D eigenvalue weighted by molar-refractivity contribution is 0.288. The molecule has 0 aliphatic heterocycles. The minimum Gasteiger partial charge on any atom is -0.464 e. The summed E-state index contributed by atoms with van der Waals surface area (Å²) < 4.78 is 5.71. The van der Waals surface area contributed by atoms with Crippen molar-refractivity contribution in [1.29, 1.82) is 0 Å². The first-order valence-corrected chi connectivity index (χ1v) is 6.03. The molecule has 3 nitrogen and oxygen atoms in total. The third-order valence-corrected chi connectivity index (χ3v) is 3.06. The van der Waals surface area contributed by atoms with Gasteiger partial charge in [0.25, 0.3) is 0 Å². The van der Waals surface area contributed by atoms with Gasteiger partial charge in [-0.3, -0.25) is 0 Å². The van der Waals surface area contributed by atoms with E-state index in [0.29, 0.717) is 6.04 Å². The van der Waals surface area contributed by atoms with Gasteiger partial charge in [0.2, 0.25) is 0 Å². The Morgan fingerprint density at radius 1 is 1.31 bits per heavy atom. The summed E-state index contributed by atoms with van der Waals surface area (Å²) in [6, 6.07) is 4.94. The quantitative estimate of drug-likeness (QED) is 0.804. The molecule has 1 N–H and O–H groups in total. The molecule has 0 saturated carbocycles. The molecule has 1 aromatic heterocycles. The van der Waals surface area contributed by atoms with E-state index in [-0.39, 0.29) is 6.04 Å². The summed E-state index contributed by atoms with van der Waals surface area (Å²) in [4.78, 5) is 2.21. The summed E-state index contributed by atoms with van der Waals surface area (Å²) in [7, 11) is 4.19. The van der Waals surface area contributed by atoms with Crippen LogP contribution in [0.5, 0.6) is 0 Å². The van der Waals surface area contributed by atoms with Gasteiger partial charge in [-0.25, -0.2) is 0 Å². The third kappa shape index (κ3) is 3.65. The van der Waals surface area contributed by atoms with Gasteiger partial charge in [0.1, 0.15) is 11.5 Å². The van der Waals surface area contributed by atoms with E-state index in [9.17, 15) is 0 Å². The number of rotatable bonds is 6. The highest BCUT2D eigenvalue weighted by Gasteiger charge is 2.11. The van der Waals surface area contributed by atoms with Crippen molar-refractivity contribution in [2.24, 2.45) is 0 Å². The zero-order valence-electron chi connectivity index (χ0n) is 11.1. The highest BCUT2D eigenvalue weighted by molar-refractivity contribution is 5.10. The number of hydrogen-bond acceptors (Lipinski definition) is 3. The fourth-order valence-electron chi connectivity index (χ4n) is 1.45. The van der Waals surface area contributed by atoms with Crippen LogP contribution in [0, 0.1) is 0 Å². The van der Waals surface area contributed by atoms with E-state index >= 15 is 0 Å². The van der Waals surface area contributed by atoms with Crippen LogP contribution >= 0.6 is 0 Å². The monoisotopic (exact) mass is 224 g/mol. The molecule has 0 amide bonds. The molecule has 0 aliphatic carbocycles. The highest BCUT2D eigenvalue weighted by atomic mass is 16.3. The molecule has 0 spiro atoms. The average Bonchev–Trinajstić information content (AvgIpc) is 2.73. The molecule has 0 aromatic carbocycles. The van der Waals surface area contributed by atoms with E-state index < -0.39 is 0 Å². The Bertz CT molecular complexity index is 307. The third-order valence-electron chi connectivity index (χ3n) is 3.06. The maximum absolute atomic E-state index is 5.71. The van der Waals surface area contributed by atoms with Gasteiger partial charge < -0.3 is 14.6 Å². The van der Waals surface area contributed by atoms with Crippen LogP contribution < -0.4 is 5.32 Å². The Morgan fingerprint density at radius 3 is 2.50 bits per heavy atom. The van der Waals surface area contributed by atoms with E-state index in [1.165, 1.54) is 0 Å². The van der Waals surface area contributed by atoms with Crippen LogP contribution in [0.1, 0.15) is 38.3 Å². The highest BCUT2D eigenvalue weighted by Crippen LogP contribution is 2.16. The molecular formula is C13H24N2O. The topological polar surface area (TPSA) is 28.4 Å². The lowest BCUT2D eigenvalue weighted by Gasteiger charge is -2.22. The molecular weight excluding hydrogens is 200 g/mol. The Morgan fingerprint density at radius 2 is 2.00 bits per heavy atom. The number of nitrogens with zero attached hydrogens (tertiary/aromatic N) is 1. The lowest BCUT2D eigenvalue weighted by atomic mass is 10.2. The second-order valence-electron chi connectivity index (χ2n) is 4.60. The first-order valence-electron chi connectivity index (χ1n) is 6.03. The van der Waals surface area contributed by atoms with Crippen LogP contribution in [-0.2, 0) is 6.42 Å². The molecule has 2 unspecified atom stereocenters. The molecule has 92 valence electrons. The molecule has 0 bridgehead atoms. The van der Waals surface area contributed by atoms with Gasteiger partial charge in [-0.2, -0.15) is 0 Å². The molecule has 16 heavy (non-hydrogen) atoms. The number of likely N-dealkylation sites (N-methyl/N-ethyl adjacent to an activating group) is 1. The van der Waals surface area contributed by atoms with E-state index in [1.807, 2.05) is 0 Å². The van der Waals surface area contributed by atoms with Crippen molar-refractivity contribution in [3.8, 4) is 0 Å². The minimum atomic E-state index is 0.280. The predicted molar refractivity (Wildman–Crippen MR) is 67.7 cm³/mol. The molecule has 0 fully saturated rings. The normalized spacial score (nSPS) is 15.4. The van der Waals surface area contributed by atoms with Crippen molar-refractivity contribution in [3.05, 3.63) is 23.7 Å². The van der Waals surface area contributed by atoms with Gasteiger partial charge in [0.15, 0.2) is 0 Å². The van der Waals surface area contributed by atoms with Gasteiger partial charge in [-0.05, 0) is 40.1 Å². The van der Waals surface area contributed by atoms with Gasteiger partial charge in [0.05, 0.1) is 6.04 Å². The number of aryl methyl sites for hydroxylation is 1. The van der Waals surface area contributed by atoms with Gasteiger partial charge in [-0.15, -0.1) is 0 Å². The summed E-state index contributed by atoms with van der Waals surface area (Å²) in [6.45, 7) is 7.42. The second-order valence-corrected chi connectivity index (χ2v) is 4.60. The van der Waals surface area contributed by atoms with Crippen LogP contribution in [0.2, 0.25) is 0 Å². The largest absolute Gasteiger partial charge is 0.464 e. The Balaban J connectivity index is 2.43. The van der Waals surface area contributed by atoms with Crippen LogP contribution in [-0.4, -0.2) is 31.6 Å². The average molecular weight is 224 g/mol. The molecule has 0 aliphatic rings. The molecule has 1 aromatic rings. The van der Waals surface area contributed by atoms with Gasteiger partial charge >= 0.3 is 0 Å². The van der Waals surface area contributed by atoms with Crippen molar-refractivity contribution in [3.63, 3.8) is 0 Å². The lowest BCUT2D eigenvalue weighted by Crippen LogP contribution is -2.36. The Kier molecular flexibility index (Phi) is 5.03. The van der Waals surface area contributed by atoms with Crippen molar-refractivity contribution in [1.82, 2.24) is 10.2 Å². The summed E-state index contributed by atoms with van der Waals surface area (Å²) >= 11 is 0. The fourth-order valence-corrected chi connectivity index (χ4v) is 1.45. The standard InChI is InChI=1S/C13H24N2O/c1-6-12-7-8-13(16-12)11(3)14-9-10(2)15(4)5/h7-8,10-11,14H,6,9H2,1-5H3. The van der Waals surface area contributed by atoms with Crippen LogP contribution in [0.25, 0.3) is 0 Å². The SMILES string of the molecule is CCc1ccc(C(C)NCC(C)N(C)C)o1. The predicted octanol–water partition coefficient (Wildman–Crippen LogP) is 2.44. The van der Waals surface area contributed by atoms with Crippen LogP contribution in [0.3, 0.4) is 0 Å². The van der Waals surface area contributed by atoms with E-state index in [4.69, 9.17) is 4.42 Å². The number of hydrogen-bond donors (Lipinski definition) is 1. The molecule has 2 atom stereocenters. The molecule has 3 heteroatoms. The van der Waals surface area contributed by atoms with Gasteiger partial charge in [0, 0.05) is 19.0 Å². The van der Waals surface area contributed by atoms with Crippen molar-refractivity contribution < 1.29 is 4.42 Å². The summed E-state index contributed by atoms with van der Waals surface area (Å²) in [5.41, 5.74) is 0. The first kappa shape index (κ1) is 13.3. The second kappa shape index (κ2) is 6.06. The van der Waals surface area contributed by atoms with E-state index in [0.717, 1.165) is 24.5 Å². The van der Waals surface area contributed by atoms with Crippen LogP contribution in [0.4, 0.5) is 0 Å². The van der Waals surface area contributed by atoms with Crippen molar-refractivity contribution in [2.75, 3.05) is 20.6 Å². The molecule has 1 heterocycles. The Hall–Kier alpha value is -0.800. The minimum absolute atomic E-state index is 0.280. The summed E-state index contributed by atoms with van der Waals surface area (Å²) in [5, 5.41) is 3.48. The molecule has 1 rings (SSSR count). The van der Waals surface area contributed by atoms with E-state index in [2.05, 4.69) is 57.2 Å². The zero-order chi connectivity index (χ0) is 12.1. The van der Waals surface area contributed by atoms with Crippen molar-refractivity contribution in [2.45, 2.75) is 39.3 Å². The van der Waals surface area contributed by atoms with Gasteiger partial charge in [-0.1, -0.05) is 6.92 Å². The number of nitrogens with one attached hydrogen (secondary N) is 1. The number of furan rings is 1. The van der Waals surface area contributed by atoms with Crippen molar-refractivity contribution >= 4 is 0 Å². The first-order chi connectivity index (χ1) is 7.54. The smallest absolute Gasteiger partial charge is 0.120 e. The maximum Gasteiger partial charge on any atom is 0.120 e. The van der Waals surface area contributed by atoms with Crippen LogP contribution in [0.15, 0.2) is 16.5 Å². The van der Waals surface area contributed by atoms with E-state index in [1.54, 1.807) is 0 Å². The summed E-state index contributed by atoms with van der Waals surface area (Å²) in [6.07, 6.45) is 0.959. The fraction of sp³-hybridized carbons (Fsp3) is 0.692. The molecule has 0 radical (unpaired) electrons. The summed E-state index contributed by atoms with van der Waals surface area (Å²) in [5.74, 6) is 2.09.